The zero-order chi connectivity index (χ0) is 15.6. The van der Waals surface area contributed by atoms with Gasteiger partial charge in [0.25, 0.3) is 0 Å². The van der Waals surface area contributed by atoms with Crippen LogP contribution in [0.5, 0.6) is 0 Å². The molecule has 1 aromatic carbocycles. The molecule has 21 heavy (non-hydrogen) atoms. The molecule has 0 aliphatic carbocycles. The second kappa shape index (κ2) is 6.37. The fraction of sp³-hybridized carbons (Fsp3) is 0.357. The molecule has 0 amide bonds. The van der Waals surface area contributed by atoms with Crippen molar-refractivity contribution >= 4 is 23.1 Å². The lowest BCUT2D eigenvalue weighted by atomic mass is 10.0. The van der Waals surface area contributed by atoms with E-state index in [-0.39, 0.29) is 18.0 Å². The number of halogens is 3. The average molecular weight is 332 g/mol. The maximum Gasteiger partial charge on any atom is 0.416 e. The van der Waals surface area contributed by atoms with E-state index in [2.05, 4.69) is 4.98 Å². The van der Waals surface area contributed by atoms with Crippen molar-refractivity contribution < 1.29 is 13.2 Å². The van der Waals surface area contributed by atoms with E-state index in [4.69, 9.17) is 5.73 Å². The van der Waals surface area contributed by atoms with Crippen molar-refractivity contribution in [3.8, 4) is 0 Å². The number of thiazole rings is 1. The Balaban J connectivity index is 2.32. The van der Waals surface area contributed by atoms with Crippen LogP contribution in [0.3, 0.4) is 0 Å². The molecule has 0 saturated heterocycles. The van der Waals surface area contributed by atoms with Gasteiger partial charge in [-0.15, -0.1) is 11.3 Å². The molecule has 0 aliphatic heterocycles. The van der Waals surface area contributed by atoms with Crippen LogP contribution in [0.25, 0.3) is 0 Å². The third-order valence-electron chi connectivity index (χ3n) is 2.73. The van der Waals surface area contributed by atoms with Crippen LogP contribution in [0.2, 0.25) is 0 Å². The molecule has 1 unspecified atom stereocenters. The van der Waals surface area contributed by atoms with E-state index in [0.29, 0.717) is 4.90 Å². The minimum Gasteiger partial charge on any atom is -0.328 e. The van der Waals surface area contributed by atoms with Crippen molar-refractivity contribution in [2.24, 2.45) is 5.73 Å². The summed E-state index contributed by atoms with van der Waals surface area (Å²) in [7, 11) is 0. The van der Waals surface area contributed by atoms with Gasteiger partial charge in [0.05, 0.1) is 5.56 Å². The number of aryl methyl sites for hydroxylation is 1. The van der Waals surface area contributed by atoms with Gasteiger partial charge in [-0.1, -0.05) is 17.8 Å². The lowest BCUT2D eigenvalue weighted by Crippen LogP contribution is -2.20. The first-order valence-electron chi connectivity index (χ1n) is 6.31. The first kappa shape index (κ1) is 16.3. The predicted octanol–water partition coefficient (Wildman–Crippen LogP) is 4.51. The Morgan fingerprint density at radius 2 is 2.10 bits per heavy atom. The van der Waals surface area contributed by atoms with Gasteiger partial charge in [0.1, 0.15) is 0 Å². The van der Waals surface area contributed by atoms with Crippen LogP contribution in [0, 0.1) is 6.92 Å². The van der Waals surface area contributed by atoms with E-state index in [0.717, 1.165) is 10.0 Å². The largest absolute Gasteiger partial charge is 0.416 e. The van der Waals surface area contributed by atoms with Crippen molar-refractivity contribution in [2.45, 2.75) is 41.7 Å². The molecule has 1 aromatic heterocycles. The quantitative estimate of drug-likeness (QED) is 0.895. The monoisotopic (exact) mass is 332 g/mol. The number of alkyl halides is 3. The predicted molar refractivity (Wildman–Crippen MR) is 79.8 cm³/mol. The normalized spacial score (nSPS) is 13.4. The number of rotatable bonds is 4. The SMILES string of the molecule is Cc1csc(Sc2ccc(CC(C)N)c(C(F)(F)F)c2)n1. The van der Waals surface area contributed by atoms with Crippen LogP contribution in [-0.4, -0.2) is 11.0 Å². The topological polar surface area (TPSA) is 38.9 Å². The standard InChI is InChI=1S/C14H15F3N2S2/c1-8(18)5-10-3-4-11(6-12(10)14(15,16)17)21-13-19-9(2)7-20-13/h3-4,6-8H,5,18H2,1-2H3. The Hall–Kier alpha value is -1.05. The van der Waals surface area contributed by atoms with E-state index in [1.54, 1.807) is 13.0 Å². The highest BCUT2D eigenvalue weighted by atomic mass is 32.2. The molecule has 1 heterocycles. The maximum atomic E-state index is 13.2. The summed E-state index contributed by atoms with van der Waals surface area (Å²) in [5.74, 6) is 0. The average Bonchev–Trinajstić information content (AvgIpc) is 2.75. The van der Waals surface area contributed by atoms with Gasteiger partial charge in [0.2, 0.25) is 0 Å². The number of nitrogens with zero attached hydrogens (tertiary/aromatic N) is 1. The summed E-state index contributed by atoms with van der Waals surface area (Å²) in [6.07, 6.45) is -4.17. The van der Waals surface area contributed by atoms with Crippen molar-refractivity contribution in [3.05, 3.63) is 40.4 Å². The van der Waals surface area contributed by atoms with Gasteiger partial charge in [-0.3, -0.25) is 0 Å². The summed E-state index contributed by atoms with van der Waals surface area (Å²) in [6.45, 7) is 3.55. The zero-order valence-electron chi connectivity index (χ0n) is 11.6. The molecule has 2 N–H and O–H groups in total. The summed E-state index contributed by atoms with van der Waals surface area (Å²) < 4.78 is 40.2. The smallest absolute Gasteiger partial charge is 0.328 e. The summed E-state index contributed by atoms with van der Waals surface area (Å²) in [6, 6.07) is 4.06. The summed E-state index contributed by atoms with van der Waals surface area (Å²) >= 11 is 2.67. The van der Waals surface area contributed by atoms with E-state index in [1.807, 2.05) is 12.3 Å². The molecular weight excluding hydrogens is 317 g/mol. The van der Waals surface area contributed by atoms with Gasteiger partial charge in [-0.25, -0.2) is 4.98 Å². The fourth-order valence-corrected chi connectivity index (χ4v) is 3.74. The Morgan fingerprint density at radius 1 is 1.38 bits per heavy atom. The number of aromatic nitrogens is 1. The van der Waals surface area contributed by atoms with Crippen LogP contribution >= 0.6 is 23.1 Å². The second-order valence-electron chi connectivity index (χ2n) is 4.85. The number of benzene rings is 1. The van der Waals surface area contributed by atoms with Crippen molar-refractivity contribution in [3.63, 3.8) is 0 Å². The maximum absolute atomic E-state index is 13.2. The second-order valence-corrected chi connectivity index (χ2v) is 7.03. The van der Waals surface area contributed by atoms with Crippen LogP contribution in [-0.2, 0) is 12.6 Å². The zero-order valence-corrected chi connectivity index (χ0v) is 13.2. The van der Waals surface area contributed by atoms with Gasteiger partial charge in [0, 0.05) is 22.0 Å². The van der Waals surface area contributed by atoms with Crippen molar-refractivity contribution in [1.29, 1.82) is 0 Å². The Bertz CT molecular complexity index is 621. The van der Waals surface area contributed by atoms with Gasteiger partial charge in [-0.05, 0) is 38.0 Å². The molecule has 0 spiro atoms. The Kier molecular flexibility index (Phi) is 4.95. The Morgan fingerprint density at radius 3 is 2.62 bits per heavy atom. The molecule has 0 radical (unpaired) electrons. The highest BCUT2D eigenvalue weighted by Gasteiger charge is 2.33. The molecule has 0 aliphatic rings. The summed E-state index contributed by atoms with van der Waals surface area (Å²) in [4.78, 5) is 4.78. The van der Waals surface area contributed by atoms with E-state index in [1.165, 1.54) is 35.2 Å². The number of hydrogen-bond acceptors (Lipinski definition) is 4. The highest BCUT2D eigenvalue weighted by molar-refractivity contribution is 8.01. The molecule has 0 fully saturated rings. The van der Waals surface area contributed by atoms with Gasteiger partial charge in [0.15, 0.2) is 4.34 Å². The molecule has 2 nitrogen and oxygen atoms in total. The van der Waals surface area contributed by atoms with Crippen molar-refractivity contribution in [1.82, 2.24) is 4.98 Å². The lowest BCUT2D eigenvalue weighted by Gasteiger charge is -2.15. The van der Waals surface area contributed by atoms with Crippen LogP contribution in [0.15, 0.2) is 32.8 Å². The minimum atomic E-state index is -4.38. The molecule has 1 atom stereocenters. The van der Waals surface area contributed by atoms with Crippen LogP contribution < -0.4 is 5.73 Å². The van der Waals surface area contributed by atoms with E-state index < -0.39 is 11.7 Å². The minimum absolute atomic E-state index is 0.205. The van der Waals surface area contributed by atoms with Gasteiger partial charge in [-0.2, -0.15) is 13.2 Å². The van der Waals surface area contributed by atoms with E-state index >= 15 is 0 Å². The van der Waals surface area contributed by atoms with Crippen molar-refractivity contribution in [2.75, 3.05) is 0 Å². The number of nitrogens with two attached hydrogens (primary N) is 1. The molecule has 114 valence electrons. The van der Waals surface area contributed by atoms with Gasteiger partial charge >= 0.3 is 6.18 Å². The first-order valence-corrected chi connectivity index (χ1v) is 8.01. The number of hydrogen-bond donors (Lipinski definition) is 1. The molecule has 2 rings (SSSR count). The van der Waals surface area contributed by atoms with Gasteiger partial charge < -0.3 is 5.73 Å². The molecular formula is C14H15F3N2S2. The lowest BCUT2D eigenvalue weighted by molar-refractivity contribution is -0.138. The third kappa shape index (κ3) is 4.46. The summed E-state index contributed by atoms with van der Waals surface area (Å²) in [5, 5.41) is 1.87. The van der Waals surface area contributed by atoms with E-state index in [9.17, 15) is 13.2 Å². The molecule has 2 aromatic rings. The molecule has 0 saturated carbocycles. The first-order chi connectivity index (χ1) is 9.75. The summed E-state index contributed by atoms with van der Waals surface area (Å²) in [5.41, 5.74) is 6.11. The van der Waals surface area contributed by atoms with Crippen LogP contribution in [0.4, 0.5) is 13.2 Å². The van der Waals surface area contributed by atoms with Crippen LogP contribution in [0.1, 0.15) is 23.7 Å². The third-order valence-corrected chi connectivity index (χ3v) is 4.78. The Labute approximate surface area is 129 Å². The molecule has 7 heteroatoms. The fourth-order valence-electron chi connectivity index (χ4n) is 1.89. The highest BCUT2D eigenvalue weighted by Crippen LogP contribution is 2.37. The molecule has 0 bridgehead atoms.